The van der Waals surface area contributed by atoms with Crippen molar-refractivity contribution in [1.82, 2.24) is 10.6 Å². The Morgan fingerprint density at radius 2 is 1.66 bits per heavy atom. The number of benzene rings is 2. The van der Waals surface area contributed by atoms with E-state index in [1.165, 1.54) is 5.57 Å². The number of allylic oxidation sites excluding steroid dienone is 1. The molecule has 254 valence electrons. The first-order valence-electron chi connectivity index (χ1n) is 17.6. The fraction of sp³-hybridized carbons (Fsp3) is 0.590. The summed E-state index contributed by atoms with van der Waals surface area (Å²) in [6, 6.07) is 15.0. The highest BCUT2D eigenvalue weighted by molar-refractivity contribution is 7.99. The van der Waals surface area contributed by atoms with E-state index >= 15 is 0 Å². The summed E-state index contributed by atoms with van der Waals surface area (Å²) in [5, 5.41) is 37.2. The summed E-state index contributed by atoms with van der Waals surface area (Å²) in [7, 11) is 0. The van der Waals surface area contributed by atoms with Crippen LogP contribution in [0.2, 0.25) is 0 Å². The summed E-state index contributed by atoms with van der Waals surface area (Å²) in [4.78, 5) is 27.6. The first-order valence-corrected chi connectivity index (χ1v) is 18.5. The van der Waals surface area contributed by atoms with Crippen LogP contribution in [-0.2, 0) is 17.9 Å². The maximum Gasteiger partial charge on any atom is 0.321 e. The van der Waals surface area contributed by atoms with Crippen molar-refractivity contribution in [1.29, 1.82) is 0 Å². The molecule has 6 rings (SSSR count). The number of urea groups is 1. The van der Waals surface area contributed by atoms with E-state index in [0.29, 0.717) is 24.2 Å². The molecule has 47 heavy (non-hydrogen) atoms. The van der Waals surface area contributed by atoms with E-state index in [1.54, 1.807) is 17.3 Å². The van der Waals surface area contributed by atoms with Gasteiger partial charge in [-0.25, -0.2) is 4.79 Å². The fourth-order valence-electron chi connectivity index (χ4n) is 9.94. The third-order valence-electron chi connectivity index (χ3n) is 12.7. The van der Waals surface area contributed by atoms with Gasteiger partial charge in [-0.05, 0) is 110 Å². The first-order chi connectivity index (χ1) is 22.5. The summed E-state index contributed by atoms with van der Waals surface area (Å²) in [5.41, 5.74) is 4.77. The van der Waals surface area contributed by atoms with Gasteiger partial charge in [0.1, 0.15) is 0 Å². The van der Waals surface area contributed by atoms with E-state index < -0.39 is 12.1 Å². The van der Waals surface area contributed by atoms with E-state index in [9.17, 15) is 24.9 Å². The van der Waals surface area contributed by atoms with E-state index in [0.717, 1.165) is 72.3 Å². The second-order valence-corrected chi connectivity index (χ2v) is 16.2. The number of fused-ring (bicyclic) bond motifs is 4. The molecule has 0 aliphatic heterocycles. The van der Waals surface area contributed by atoms with Gasteiger partial charge in [0.15, 0.2) is 0 Å². The molecule has 8 atom stereocenters. The summed E-state index contributed by atoms with van der Waals surface area (Å²) in [5.74, 6) is 1.19. The summed E-state index contributed by atoms with van der Waals surface area (Å²) in [6.45, 7) is 7.13. The molecule has 0 spiro atoms. The van der Waals surface area contributed by atoms with Crippen LogP contribution in [-0.4, -0.2) is 39.5 Å². The molecule has 5 N–H and O–H groups in total. The molecule has 2 aromatic rings. The molecule has 0 saturated heterocycles. The Kier molecular flexibility index (Phi) is 10.2. The summed E-state index contributed by atoms with van der Waals surface area (Å²) >= 11 is 1.54. The van der Waals surface area contributed by atoms with Crippen LogP contribution in [0.15, 0.2) is 69.5 Å². The zero-order chi connectivity index (χ0) is 33.3. The van der Waals surface area contributed by atoms with E-state index in [-0.39, 0.29) is 48.3 Å². The second kappa shape index (κ2) is 14.1. The van der Waals surface area contributed by atoms with Crippen molar-refractivity contribution in [3.63, 3.8) is 0 Å². The molecular weight excluding hydrogens is 609 g/mol. The number of amides is 3. The Balaban J connectivity index is 1.03. The minimum Gasteiger partial charge on any atom is -0.393 e. The molecule has 0 aromatic heterocycles. The average Bonchev–Trinajstić information content (AvgIpc) is 3.43. The van der Waals surface area contributed by atoms with Crippen molar-refractivity contribution < 1.29 is 24.9 Å². The monoisotopic (exact) mass is 660 g/mol. The smallest absolute Gasteiger partial charge is 0.321 e. The Hall–Kier alpha value is -2.65. The highest BCUT2D eigenvalue weighted by atomic mass is 32.2. The van der Waals surface area contributed by atoms with Gasteiger partial charge in [-0.15, -0.1) is 0 Å². The Bertz CT molecular complexity index is 1510. The lowest BCUT2D eigenvalue weighted by atomic mass is 9.48. The molecule has 3 amide bonds. The molecule has 2 aromatic carbocycles. The minimum absolute atomic E-state index is 0.0427. The van der Waals surface area contributed by atoms with Gasteiger partial charge >= 0.3 is 6.03 Å². The molecule has 7 nitrogen and oxygen atoms in total. The lowest BCUT2D eigenvalue weighted by Gasteiger charge is -2.58. The predicted molar refractivity (Wildman–Crippen MR) is 184 cm³/mol. The van der Waals surface area contributed by atoms with Crippen LogP contribution < -0.4 is 10.6 Å². The lowest BCUT2D eigenvalue weighted by molar-refractivity contribution is -0.120. The summed E-state index contributed by atoms with van der Waals surface area (Å²) in [6.07, 6.45) is 8.24. The van der Waals surface area contributed by atoms with Gasteiger partial charge in [-0.1, -0.05) is 80.1 Å². The van der Waals surface area contributed by atoms with Crippen LogP contribution >= 0.6 is 11.8 Å². The average molecular weight is 661 g/mol. The van der Waals surface area contributed by atoms with Crippen molar-refractivity contribution in [3.05, 3.63) is 70.8 Å². The van der Waals surface area contributed by atoms with Crippen molar-refractivity contribution in [2.24, 2.45) is 34.5 Å². The largest absolute Gasteiger partial charge is 0.393 e. The van der Waals surface area contributed by atoms with Crippen LogP contribution in [0.25, 0.3) is 0 Å². The number of hydrogen-bond acceptors (Lipinski definition) is 6. The third-order valence-corrected chi connectivity index (χ3v) is 13.9. The zero-order valence-electron chi connectivity index (χ0n) is 28.1. The topological polar surface area (TPSA) is 119 Å². The molecule has 0 radical (unpaired) electrons. The number of imide groups is 1. The Morgan fingerprint density at radius 3 is 2.40 bits per heavy atom. The van der Waals surface area contributed by atoms with Crippen LogP contribution in [0.3, 0.4) is 0 Å². The molecule has 8 unspecified atom stereocenters. The maximum absolute atomic E-state index is 12.9. The van der Waals surface area contributed by atoms with Crippen LogP contribution in [0, 0.1) is 34.5 Å². The first kappa shape index (κ1) is 34.2. The normalized spacial score (nSPS) is 32.2. The standard InChI is InChI=1S/C39H52N2O5S/c1-24(30-15-16-31-29-14-13-27-20-28(43)18-19-38(27,2)32(29)21-35(44)39(30,31)3)12-17-36(45)41-37(46)40-22-25-8-4-6-10-33(25)47-34-11-7-5-9-26(34)23-42/h4-11,24,27-28,30,32,35,42-44H,12-23H2,1-3H3,(H2,40,41,45,46). The second-order valence-electron chi connectivity index (χ2n) is 15.1. The van der Waals surface area contributed by atoms with Crippen molar-refractivity contribution in [3.8, 4) is 0 Å². The van der Waals surface area contributed by atoms with E-state index in [1.807, 2.05) is 48.5 Å². The van der Waals surface area contributed by atoms with Gasteiger partial charge in [0.2, 0.25) is 5.91 Å². The number of aliphatic hydroxyl groups excluding tert-OH is 3. The van der Waals surface area contributed by atoms with Crippen molar-refractivity contribution in [2.75, 3.05) is 0 Å². The highest BCUT2D eigenvalue weighted by Gasteiger charge is 2.59. The number of aliphatic hydroxyl groups is 3. The molecule has 0 heterocycles. The zero-order valence-corrected chi connectivity index (χ0v) is 29.0. The van der Waals surface area contributed by atoms with E-state index in [4.69, 9.17) is 0 Å². The highest BCUT2D eigenvalue weighted by Crippen LogP contribution is 2.65. The third kappa shape index (κ3) is 6.68. The SMILES string of the molecule is CC(CCC(=O)NC(=O)NCc1ccccc1Sc1ccccc1CO)C1CCC2=C3CCC4CC(O)CCC4(C)C3CC(O)C21C. The van der Waals surface area contributed by atoms with Gasteiger partial charge in [-0.2, -0.15) is 0 Å². The van der Waals surface area contributed by atoms with Crippen molar-refractivity contribution >= 4 is 23.7 Å². The number of carbonyl (C=O) groups is 2. The van der Waals surface area contributed by atoms with Crippen LogP contribution in [0.1, 0.15) is 96.1 Å². The fourth-order valence-corrected chi connectivity index (χ4v) is 11.0. The molecule has 0 bridgehead atoms. The summed E-state index contributed by atoms with van der Waals surface area (Å²) < 4.78 is 0. The number of hydrogen-bond donors (Lipinski definition) is 5. The Morgan fingerprint density at radius 1 is 0.957 bits per heavy atom. The predicted octanol–water partition coefficient (Wildman–Crippen LogP) is 7.13. The van der Waals surface area contributed by atoms with Crippen LogP contribution in [0.4, 0.5) is 4.79 Å². The molecule has 4 aliphatic rings. The number of carbonyl (C=O) groups excluding carboxylic acids is 2. The quantitative estimate of drug-likeness (QED) is 0.183. The molecular formula is C39H52N2O5S. The Labute approximate surface area is 284 Å². The molecule has 3 fully saturated rings. The van der Waals surface area contributed by atoms with Crippen molar-refractivity contribution in [2.45, 2.75) is 120 Å². The minimum atomic E-state index is -0.508. The lowest BCUT2D eigenvalue weighted by Crippen LogP contribution is -2.52. The number of rotatable bonds is 9. The van der Waals surface area contributed by atoms with Crippen LogP contribution in [0.5, 0.6) is 0 Å². The molecule has 3 saturated carbocycles. The number of nitrogens with one attached hydrogen (secondary N) is 2. The van der Waals surface area contributed by atoms with Gasteiger partial charge < -0.3 is 20.6 Å². The molecule has 4 aliphatic carbocycles. The van der Waals surface area contributed by atoms with E-state index in [2.05, 4.69) is 31.4 Å². The van der Waals surface area contributed by atoms with Gasteiger partial charge in [0, 0.05) is 28.2 Å². The van der Waals surface area contributed by atoms with Gasteiger partial charge in [-0.3, -0.25) is 10.1 Å². The molecule has 8 heteroatoms. The van der Waals surface area contributed by atoms with Gasteiger partial charge in [0.25, 0.3) is 0 Å². The maximum atomic E-state index is 12.9. The van der Waals surface area contributed by atoms with Gasteiger partial charge in [0.05, 0.1) is 18.8 Å².